The van der Waals surface area contributed by atoms with E-state index in [0.29, 0.717) is 30.3 Å². The van der Waals surface area contributed by atoms with E-state index in [0.717, 1.165) is 11.1 Å². The first-order valence-electron chi connectivity index (χ1n) is 10.9. The summed E-state index contributed by atoms with van der Waals surface area (Å²) in [5, 5.41) is 9.36. The van der Waals surface area contributed by atoms with Crippen LogP contribution in [-0.2, 0) is 27.4 Å². The maximum absolute atomic E-state index is 11.4. The lowest BCUT2D eigenvalue weighted by atomic mass is 10.0. The van der Waals surface area contributed by atoms with E-state index in [9.17, 15) is 9.90 Å². The number of rotatable bonds is 8. The highest BCUT2D eigenvalue weighted by molar-refractivity contribution is 5.85. The van der Waals surface area contributed by atoms with Crippen LogP contribution in [0.15, 0.2) is 103 Å². The average Bonchev–Trinajstić information content (AvgIpc) is 3.63. The number of aromatic nitrogens is 2. The van der Waals surface area contributed by atoms with E-state index < -0.39 is 5.97 Å². The summed E-state index contributed by atoms with van der Waals surface area (Å²) in [5.41, 5.74) is 2.58. The van der Waals surface area contributed by atoms with E-state index >= 15 is 0 Å². The molecule has 2 aliphatic rings. The summed E-state index contributed by atoms with van der Waals surface area (Å²) in [4.78, 5) is 20.0. The van der Waals surface area contributed by atoms with Crippen molar-refractivity contribution in [2.75, 3.05) is 0 Å². The number of fused-ring (bicyclic) bond motifs is 1. The van der Waals surface area contributed by atoms with Gasteiger partial charge >= 0.3 is 5.97 Å². The Morgan fingerprint density at radius 2 is 1.56 bits per heavy atom. The van der Waals surface area contributed by atoms with Gasteiger partial charge in [-0.1, -0.05) is 60.7 Å². The predicted molar refractivity (Wildman–Crippen MR) is 124 cm³/mol. The van der Waals surface area contributed by atoms with Crippen molar-refractivity contribution in [1.29, 1.82) is 0 Å². The van der Waals surface area contributed by atoms with Gasteiger partial charge in [0, 0.05) is 11.8 Å². The van der Waals surface area contributed by atoms with Crippen molar-refractivity contribution in [3.8, 4) is 0 Å². The summed E-state index contributed by atoms with van der Waals surface area (Å²) in [6.07, 6.45) is 6.53. The molecule has 2 heterocycles. The Morgan fingerprint density at radius 3 is 2.21 bits per heavy atom. The summed E-state index contributed by atoms with van der Waals surface area (Å²) in [7, 11) is 0. The Balaban J connectivity index is 1.51. The highest BCUT2D eigenvalue weighted by atomic mass is 16.6. The molecule has 1 aliphatic heterocycles. The Bertz CT molecular complexity index is 1270. The predicted octanol–water partition coefficient (Wildman–Crippen LogP) is 4.54. The molecule has 0 radical (unpaired) electrons. The summed E-state index contributed by atoms with van der Waals surface area (Å²) >= 11 is 0. The number of carboxylic acid groups (broad SMARTS) is 1. The molecule has 1 fully saturated rings. The minimum Gasteiger partial charge on any atom is -0.485 e. The fourth-order valence-electron chi connectivity index (χ4n) is 3.59. The van der Waals surface area contributed by atoms with Crippen LogP contribution in [0.2, 0.25) is 0 Å². The van der Waals surface area contributed by atoms with Gasteiger partial charge in [0.1, 0.15) is 25.4 Å². The van der Waals surface area contributed by atoms with Crippen molar-refractivity contribution in [1.82, 2.24) is 9.97 Å². The topological polar surface area (TPSA) is 94.1 Å². The van der Waals surface area contributed by atoms with E-state index in [1.165, 1.54) is 12.3 Å². The Hall–Kier alpha value is -4.23. The number of epoxide rings is 1. The lowest BCUT2D eigenvalue weighted by Crippen LogP contribution is -2.10. The van der Waals surface area contributed by atoms with Gasteiger partial charge in [-0.3, -0.25) is 0 Å². The van der Waals surface area contributed by atoms with Crippen LogP contribution >= 0.6 is 0 Å². The third-order valence-electron chi connectivity index (χ3n) is 5.41. The molecule has 0 spiro atoms. The average molecular weight is 454 g/mol. The second-order valence-corrected chi connectivity index (χ2v) is 7.83. The molecule has 0 bridgehead atoms. The van der Waals surface area contributed by atoms with Crippen LogP contribution in [0.1, 0.15) is 27.4 Å². The Kier molecular flexibility index (Phi) is 6.18. The van der Waals surface area contributed by atoms with Gasteiger partial charge in [-0.05, 0) is 35.4 Å². The first kappa shape index (κ1) is 21.6. The van der Waals surface area contributed by atoms with Crippen LogP contribution < -0.4 is 0 Å². The largest absolute Gasteiger partial charge is 0.485 e. The first-order chi connectivity index (χ1) is 16.7. The molecule has 7 heteroatoms. The van der Waals surface area contributed by atoms with Gasteiger partial charge in [0.15, 0.2) is 23.0 Å². The Labute approximate surface area is 196 Å². The number of carboxylic acids is 1. The summed E-state index contributed by atoms with van der Waals surface area (Å²) < 4.78 is 18.2. The van der Waals surface area contributed by atoms with Crippen molar-refractivity contribution in [2.24, 2.45) is 0 Å². The van der Waals surface area contributed by atoms with Gasteiger partial charge in [0.25, 0.3) is 0 Å². The highest BCUT2D eigenvalue weighted by Crippen LogP contribution is 2.38. The number of benzene rings is 2. The third kappa shape index (κ3) is 5.05. The smallest absolute Gasteiger partial charge is 0.354 e. The normalized spacial score (nSPS) is 18.9. The van der Waals surface area contributed by atoms with Crippen LogP contribution in [0.25, 0.3) is 5.57 Å². The van der Waals surface area contributed by atoms with E-state index in [-0.39, 0.29) is 23.7 Å². The van der Waals surface area contributed by atoms with Crippen LogP contribution in [0, 0.1) is 0 Å². The van der Waals surface area contributed by atoms with Crippen LogP contribution in [0.4, 0.5) is 0 Å². The van der Waals surface area contributed by atoms with Crippen molar-refractivity contribution in [2.45, 2.75) is 25.4 Å². The van der Waals surface area contributed by atoms with Gasteiger partial charge in [-0.15, -0.1) is 0 Å². The number of carbonyl (C=O) groups is 1. The second kappa shape index (κ2) is 9.72. The molecule has 1 saturated heterocycles. The van der Waals surface area contributed by atoms with E-state index in [1.54, 1.807) is 6.08 Å². The summed E-state index contributed by atoms with van der Waals surface area (Å²) in [6.45, 7) is 0.693. The summed E-state index contributed by atoms with van der Waals surface area (Å²) in [5.74, 6) is 0.196. The molecule has 3 aromatic rings. The summed E-state index contributed by atoms with van der Waals surface area (Å²) in [6, 6.07) is 21.0. The molecule has 5 rings (SSSR count). The molecule has 1 N–H and O–H groups in total. The van der Waals surface area contributed by atoms with Crippen molar-refractivity contribution in [3.05, 3.63) is 125 Å². The quantitative estimate of drug-likeness (QED) is 0.500. The lowest BCUT2D eigenvalue weighted by Gasteiger charge is -2.16. The second-order valence-electron chi connectivity index (χ2n) is 7.83. The van der Waals surface area contributed by atoms with Gasteiger partial charge in [0.2, 0.25) is 0 Å². The molecular weight excluding hydrogens is 432 g/mol. The molecule has 1 aliphatic carbocycles. The molecule has 170 valence electrons. The maximum Gasteiger partial charge on any atom is 0.354 e. The molecule has 0 saturated carbocycles. The molecular formula is C27H22N2O5. The lowest BCUT2D eigenvalue weighted by molar-refractivity contribution is 0.0690. The number of nitrogens with zero attached hydrogens (tertiary/aromatic N) is 2. The van der Waals surface area contributed by atoms with Gasteiger partial charge in [0.05, 0.1) is 0 Å². The zero-order valence-electron chi connectivity index (χ0n) is 18.2. The minimum atomic E-state index is -1.12. The SMILES string of the molecule is O=C(O)c1ccnc(C2=CC(OCc3ccccc3)=C(OCc3ccccc3)C=CC3OC23)n1. The maximum atomic E-state index is 11.4. The third-order valence-corrected chi connectivity index (χ3v) is 5.41. The molecule has 7 nitrogen and oxygen atoms in total. The van der Waals surface area contributed by atoms with Gasteiger partial charge in [-0.25, -0.2) is 14.8 Å². The minimum absolute atomic E-state index is 0.0861. The van der Waals surface area contributed by atoms with E-state index in [2.05, 4.69) is 9.97 Å². The zero-order valence-corrected chi connectivity index (χ0v) is 18.2. The number of allylic oxidation sites excluding steroid dienone is 2. The standard InChI is InChI=1S/C27H22N2O5/c30-27(31)21-13-14-28-26(29-21)20-15-24(33-17-19-9-5-2-6-10-19)22(11-12-23-25(20)34-23)32-16-18-7-3-1-4-8-18/h1-15,23,25H,16-17H2,(H,30,31). The number of aromatic carboxylic acids is 1. The molecule has 2 aromatic carbocycles. The fraction of sp³-hybridized carbons (Fsp3) is 0.148. The van der Waals surface area contributed by atoms with Crippen molar-refractivity contribution in [3.63, 3.8) is 0 Å². The highest BCUT2D eigenvalue weighted by Gasteiger charge is 2.42. The molecule has 0 amide bonds. The van der Waals surface area contributed by atoms with E-state index in [4.69, 9.17) is 14.2 Å². The number of ether oxygens (including phenoxy) is 3. The van der Waals surface area contributed by atoms with Crippen LogP contribution in [-0.4, -0.2) is 33.3 Å². The van der Waals surface area contributed by atoms with Crippen molar-refractivity contribution >= 4 is 11.5 Å². The van der Waals surface area contributed by atoms with Crippen molar-refractivity contribution < 1.29 is 24.1 Å². The molecule has 2 unspecified atom stereocenters. The molecule has 34 heavy (non-hydrogen) atoms. The molecule has 1 aromatic heterocycles. The van der Waals surface area contributed by atoms with Gasteiger partial charge < -0.3 is 19.3 Å². The van der Waals surface area contributed by atoms with Crippen LogP contribution in [0.3, 0.4) is 0 Å². The van der Waals surface area contributed by atoms with Gasteiger partial charge in [-0.2, -0.15) is 0 Å². The van der Waals surface area contributed by atoms with E-state index in [1.807, 2.05) is 72.8 Å². The fourth-order valence-corrected chi connectivity index (χ4v) is 3.59. The number of hydrogen-bond donors (Lipinski definition) is 1. The Morgan fingerprint density at radius 1 is 0.912 bits per heavy atom. The monoisotopic (exact) mass is 454 g/mol. The molecule has 2 atom stereocenters. The number of hydrogen-bond acceptors (Lipinski definition) is 6. The van der Waals surface area contributed by atoms with Crippen LogP contribution in [0.5, 0.6) is 0 Å². The first-order valence-corrected chi connectivity index (χ1v) is 10.9. The zero-order chi connectivity index (χ0) is 23.3.